The third kappa shape index (κ3) is 3.92. The van der Waals surface area contributed by atoms with Crippen LogP contribution in [0.2, 0.25) is 0 Å². The van der Waals surface area contributed by atoms with Crippen LogP contribution >= 0.6 is 0 Å². The minimum atomic E-state index is -3.74. The molecule has 0 radical (unpaired) electrons. The molecular formula is C27H36N4O6S. The first-order valence-electron chi connectivity index (χ1n) is 13.6. The topological polar surface area (TPSA) is 118 Å². The van der Waals surface area contributed by atoms with E-state index in [1.807, 2.05) is 30.3 Å². The number of benzene rings is 1. The van der Waals surface area contributed by atoms with E-state index in [9.17, 15) is 18.0 Å². The predicted molar refractivity (Wildman–Crippen MR) is 139 cm³/mol. The van der Waals surface area contributed by atoms with Crippen molar-refractivity contribution in [3.8, 4) is 0 Å². The van der Waals surface area contributed by atoms with E-state index in [1.54, 1.807) is 4.90 Å². The van der Waals surface area contributed by atoms with Crippen LogP contribution < -0.4 is 5.48 Å². The lowest BCUT2D eigenvalue weighted by Gasteiger charge is -2.37. The molecule has 2 aliphatic carbocycles. The van der Waals surface area contributed by atoms with Gasteiger partial charge in [-0.1, -0.05) is 49.3 Å². The minimum absolute atomic E-state index is 0.0277. The maximum atomic E-state index is 13.6. The Kier molecular flexibility index (Phi) is 6.21. The Morgan fingerprint density at radius 2 is 1.97 bits per heavy atom. The molecule has 3 aliphatic heterocycles. The summed E-state index contributed by atoms with van der Waals surface area (Å²) >= 11 is 0. The standard InChI is InChI=1S/C27H36N4O6S/c1-26(2)19-11-12-27(26)17-38(34,35)31(23(27)14-19)24(32)22-15-20(28-37-22)21-10-6-7-13-30(21)25(33)29-36-16-18-8-4-3-5-9-18/h3-5,8-9,19,21-23H,6-7,10-17H2,1-2H3,(H,29,33)/t19?,21-,22+,23?,27+/m0/s1. The number of hydrogen-bond donors (Lipinski definition) is 1. The third-order valence-electron chi connectivity index (χ3n) is 9.98. The van der Waals surface area contributed by atoms with Crippen LogP contribution in [-0.4, -0.2) is 65.8 Å². The number of sulfonamides is 1. The number of hydroxylamine groups is 1. The molecule has 2 saturated carbocycles. The van der Waals surface area contributed by atoms with Gasteiger partial charge in [-0.3, -0.25) is 9.63 Å². The highest BCUT2D eigenvalue weighted by Crippen LogP contribution is 2.70. The zero-order valence-electron chi connectivity index (χ0n) is 22.0. The maximum Gasteiger partial charge on any atom is 0.341 e. The van der Waals surface area contributed by atoms with E-state index in [0.29, 0.717) is 24.6 Å². The molecule has 2 unspecified atom stereocenters. The van der Waals surface area contributed by atoms with Crippen molar-refractivity contribution in [3.05, 3.63) is 35.9 Å². The largest absolute Gasteiger partial charge is 0.382 e. The summed E-state index contributed by atoms with van der Waals surface area (Å²) < 4.78 is 27.8. The molecule has 10 nitrogen and oxygen atoms in total. The molecule has 1 spiro atoms. The monoisotopic (exact) mass is 544 g/mol. The number of piperidine rings is 1. The molecule has 1 aromatic carbocycles. The predicted octanol–water partition coefficient (Wildman–Crippen LogP) is 3.19. The fraction of sp³-hybridized carbons (Fsp3) is 0.667. The lowest BCUT2D eigenvalue weighted by Crippen LogP contribution is -2.52. The number of urea groups is 1. The van der Waals surface area contributed by atoms with Crippen LogP contribution in [0.1, 0.15) is 64.4 Å². The van der Waals surface area contributed by atoms with Crippen LogP contribution in [0.15, 0.2) is 35.5 Å². The molecule has 11 heteroatoms. The number of nitrogens with zero attached hydrogens (tertiary/aromatic N) is 3. The highest BCUT2D eigenvalue weighted by Gasteiger charge is 2.72. The number of rotatable bonds is 5. The number of carbonyl (C=O) groups excluding carboxylic acids is 2. The van der Waals surface area contributed by atoms with Crippen molar-refractivity contribution in [1.82, 2.24) is 14.7 Å². The molecular weight excluding hydrogens is 508 g/mol. The minimum Gasteiger partial charge on any atom is -0.382 e. The lowest BCUT2D eigenvalue weighted by molar-refractivity contribution is -0.139. The average Bonchev–Trinajstić information content (AvgIpc) is 3.59. The molecule has 0 aromatic heterocycles. The fourth-order valence-corrected chi connectivity index (χ4v) is 10.3. The normalized spacial score (nSPS) is 34.5. The molecule has 206 valence electrons. The molecule has 2 bridgehead atoms. The van der Waals surface area contributed by atoms with E-state index in [-0.39, 0.29) is 47.7 Å². The van der Waals surface area contributed by atoms with Crippen LogP contribution in [0.4, 0.5) is 4.79 Å². The Hall–Kier alpha value is -2.66. The molecule has 5 aliphatic rings. The molecule has 6 rings (SSSR count). The van der Waals surface area contributed by atoms with Crippen LogP contribution in [0, 0.1) is 16.7 Å². The molecule has 1 aromatic rings. The van der Waals surface area contributed by atoms with Crippen LogP contribution in [0.25, 0.3) is 0 Å². The lowest BCUT2D eigenvalue weighted by atomic mass is 9.69. The maximum absolute atomic E-state index is 13.6. The molecule has 3 heterocycles. The van der Waals surface area contributed by atoms with Crippen LogP contribution in [0.5, 0.6) is 0 Å². The summed E-state index contributed by atoms with van der Waals surface area (Å²) in [6.07, 6.45) is 4.23. The number of likely N-dealkylation sites (tertiary alicyclic amines) is 1. The highest BCUT2D eigenvalue weighted by molar-refractivity contribution is 7.90. The zero-order chi connectivity index (χ0) is 26.7. The Morgan fingerprint density at radius 1 is 1.18 bits per heavy atom. The third-order valence-corrected chi connectivity index (χ3v) is 11.9. The molecule has 5 atom stereocenters. The molecule has 1 N–H and O–H groups in total. The van der Waals surface area contributed by atoms with E-state index < -0.39 is 22.0 Å². The van der Waals surface area contributed by atoms with E-state index in [0.717, 1.165) is 42.0 Å². The second kappa shape index (κ2) is 9.22. The van der Waals surface area contributed by atoms with Gasteiger partial charge >= 0.3 is 6.03 Å². The summed E-state index contributed by atoms with van der Waals surface area (Å²) in [5.74, 6) is -0.0695. The Labute approximate surface area is 223 Å². The fourth-order valence-electron chi connectivity index (χ4n) is 7.78. The quantitative estimate of drug-likeness (QED) is 0.569. The number of carbonyl (C=O) groups is 2. The Morgan fingerprint density at radius 3 is 2.74 bits per heavy atom. The number of nitrogens with one attached hydrogen (secondary N) is 1. The smallest absolute Gasteiger partial charge is 0.341 e. The van der Waals surface area contributed by atoms with E-state index in [4.69, 9.17) is 9.68 Å². The first-order valence-corrected chi connectivity index (χ1v) is 15.3. The van der Waals surface area contributed by atoms with Crippen molar-refractivity contribution in [2.45, 2.75) is 83.6 Å². The summed E-state index contributed by atoms with van der Waals surface area (Å²) in [6.45, 7) is 5.10. The van der Waals surface area contributed by atoms with Gasteiger partial charge in [-0.2, -0.15) is 0 Å². The summed E-state index contributed by atoms with van der Waals surface area (Å²) in [5.41, 5.74) is 3.57. The molecule has 2 saturated heterocycles. The van der Waals surface area contributed by atoms with Crippen molar-refractivity contribution in [3.63, 3.8) is 0 Å². The Bertz CT molecular complexity index is 1250. The number of hydrogen-bond acceptors (Lipinski definition) is 7. The SMILES string of the molecule is CC1(C)C2CC[C@]13CS(=O)(=O)N(C(=O)[C@H]1CC([C@@H]4CCCCN4C(=O)NOCc4ccccc4)=NO1)C3C2. The van der Waals surface area contributed by atoms with Gasteiger partial charge in [0.05, 0.1) is 30.2 Å². The van der Waals surface area contributed by atoms with Gasteiger partial charge in [0.2, 0.25) is 16.1 Å². The van der Waals surface area contributed by atoms with E-state index in [1.165, 1.54) is 0 Å². The van der Waals surface area contributed by atoms with E-state index >= 15 is 0 Å². The van der Waals surface area contributed by atoms with Crippen molar-refractivity contribution >= 4 is 27.7 Å². The van der Waals surface area contributed by atoms with Crippen molar-refractivity contribution < 1.29 is 27.7 Å². The van der Waals surface area contributed by atoms with Gasteiger partial charge in [0, 0.05) is 18.4 Å². The Balaban J connectivity index is 1.11. The second-order valence-electron chi connectivity index (χ2n) is 12.0. The summed E-state index contributed by atoms with van der Waals surface area (Å²) in [4.78, 5) is 39.3. The van der Waals surface area contributed by atoms with Crippen molar-refractivity contribution in [2.24, 2.45) is 21.9 Å². The van der Waals surface area contributed by atoms with Gasteiger partial charge < -0.3 is 9.74 Å². The number of oxime groups is 1. The van der Waals surface area contributed by atoms with Gasteiger partial charge in [-0.05, 0) is 55.4 Å². The van der Waals surface area contributed by atoms with E-state index in [2.05, 4.69) is 24.5 Å². The molecule has 38 heavy (non-hydrogen) atoms. The van der Waals surface area contributed by atoms with Gasteiger partial charge in [-0.25, -0.2) is 23.0 Å². The number of fused-ring (bicyclic) bond motifs is 1. The first-order chi connectivity index (χ1) is 18.1. The summed E-state index contributed by atoms with van der Waals surface area (Å²) in [7, 11) is -3.74. The first kappa shape index (κ1) is 25.6. The van der Waals surface area contributed by atoms with Crippen LogP contribution in [-0.2, 0) is 31.1 Å². The van der Waals surface area contributed by atoms with Crippen molar-refractivity contribution in [1.29, 1.82) is 0 Å². The number of amides is 3. The molecule has 3 amide bonds. The zero-order valence-corrected chi connectivity index (χ0v) is 22.8. The van der Waals surface area contributed by atoms with Gasteiger partial charge in [0.1, 0.15) is 0 Å². The van der Waals surface area contributed by atoms with Gasteiger partial charge in [-0.15, -0.1) is 0 Å². The van der Waals surface area contributed by atoms with Crippen molar-refractivity contribution in [2.75, 3.05) is 12.3 Å². The summed E-state index contributed by atoms with van der Waals surface area (Å²) in [6, 6.07) is 8.56. The van der Waals surface area contributed by atoms with Gasteiger partial charge in [0.25, 0.3) is 5.91 Å². The second-order valence-corrected chi connectivity index (χ2v) is 13.9. The molecule has 4 fully saturated rings. The van der Waals surface area contributed by atoms with Crippen LogP contribution in [0.3, 0.4) is 0 Å². The highest BCUT2D eigenvalue weighted by atomic mass is 32.2. The summed E-state index contributed by atoms with van der Waals surface area (Å²) in [5, 5.41) is 4.21. The average molecular weight is 545 g/mol. The van der Waals surface area contributed by atoms with Gasteiger partial charge in [0.15, 0.2) is 0 Å².